The molecule has 4 rings (SSSR count). The molecule has 0 aliphatic heterocycles. The fourth-order valence-electron chi connectivity index (χ4n) is 2.98. The fourth-order valence-corrected chi connectivity index (χ4v) is 4.90. The van der Waals surface area contributed by atoms with Gasteiger partial charge in [0.25, 0.3) is 0 Å². The van der Waals surface area contributed by atoms with Crippen LogP contribution in [0.2, 0.25) is 5.02 Å². The molecule has 0 radical (unpaired) electrons. The molecular weight excluding hydrogens is 511 g/mol. The molecule has 0 saturated carbocycles. The lowest BCUT2D eigenvalue weighted by Gasteiger charge is -2.13. The van der Waals surface area contributed by atoms with Gasteiger partial charge in [0.05, 0.1) is 21.9 Å². The van der Waals surface area contributed by atoms with E-state index >= 15 is 0 Å². The van der Waals surface area contributed by atoms with Gasteiger partial charge >= 0.3 is 23.2 Å². The van der Waals surface area contributed by atoms with Crippen molar-refractivity contribution in [1.82, 2.24) is 0 Å². The van der Waals surface area contributed by atoms with Gasteiger partial charge in [-0.25, -0.2) is 8.77 Å². The van der Waals surface area contributed by atoms with Crippen LogP contribution in [-0.4, -0.2) is 14.0 Å². The van der Waals surface area contributed by atoms with Crippen LogP contribution in [0.3, 0.4) is 0 Å². The molecule has 0 bridgehead atoms. The van der Waals surface area contributed by atoms with Crippen molar-refractivity contribution in [1.29, 1.82) is 5.26 Å². The van der Waals surface area contributed by atoms with Crippen LogP contribution in [0.25, 0.3) is 21.9 Å². The topological polar surface area (TPSA) is 170 Å². The highest BCUT2D eigenvalue weighted by Gasteiger charge is 2.35. The van der Waals surface area contributed by atoms with Gasteiger partial charge in [-0.15, -0.1) is 0 Å². The Kier molecular flexibility index (Phi) is 6.12. The summed E-state index contributed by atoms with van der Waals surface area (Å²) in [5.41, 5.74) is -1.90. The molecule has 3 aromatic carbocycles. The predicted octanol–water partition coefficient (Wildman–Crippen LogP) is 4.60. The van der Waals surface area contributed by atoms with Crippen molar-refractivity contribution in [3.63, 3.8) is 0 Å². The average Bonchev–Trinajstić information content (AvgIpc) is 2.79. The third-order valence-corrected chi connectivity index (χ3v) is 7.44. The molecule has 14 heteroatoms. The Morgan fingerprint density at radius 3 is 2.53 bits per heavy atom. The lowest BCUT2D eigenvalue weighted by Crippen LogP contribution is -2.10. The molecule has 0 spiro atoms. The minimum atomic E-state index is -4.96. The van der Waals surface area contributed by atoms with E-state index in [1.165, 1.54) is 42.5 Å². The van der Waals surface area contributed by atoms with Gasteiger partial charge in [-0.1, -0.05) is 11.6 Å². The van der Waals surface area contributed by atoms with E-state index in [0.29, 0.717) is 5.02 Å². The van der Waals surface area contributed by atoms with E-state index in [4.69, 9.17) is 30.0 Å². The van der Waals surface area contributed by atoms with Crippen molar-refractivity contribution in [2.75, 3.05) is 0 Å². The smallest absolute Gasteiger partial charge is 0.448 e. The third kappa shape index (κ3) is 4.37. The lowest BCUT2D eigenvalue weighted by molar-refractivity contribution is -0.383. The first kappa shape index (κ1) is 23.4. The van der Waals surface area contributed by atoms with E-state index < -0.39 is 50.3 Å². The van der Waals surface area contributed by atoms with Crippen molar-refractivity contribution in [3.8, 4) is 17.6 Å². The quantitative estimate of drug-likeness (QED) is 0.164. The summed E-state index contributed by atoms with van der Waals surface area (Å²) in [4.78, 5) is 33.9. The van der Waals surface area contributed by atoms with Crippen LogP contribution in [0.4, 0.5) is 5.69 Å². The van der Waals surface area contributed by atoms with Gasteiger partial charge in [-0.2, -0.15) is 5.26 Å². The Hall–Kier alpha value is -3.75. The van der Waals surface area contributed by atoms with Gasteiger partial charge in [0.1, 0.15) is 16.7 Å². The first-order chi connectivity index (χ1) is 16.1. The molecule has 0 aliphatic carbocycles. The molecule has 0 amide bonds. The number of rotatable bonds is 6. The molecule has 0 aliphatic rings. The zero-order valence-electron chi connectivity index (χ0n) is 16.5. The Morgan fingerprint density at radius 1 is 1.18 bits per heavy atom. The summed E-state index contributed by atoms with van der Waals surface area (Å²) in [5, 5.41) is 20.3. The van der Waals surface area contributed by atoms with Crippen LogP contribution in [0.5, 0.6) is 11.5 Å². The normalized spacial score (nSPS) is 13.7. The van der Waals surface area contributed by atoms with Gasteiger partial charge in [-0.05, 0) is 48.5 Å². The number of nitro groups is 1. The van der Waals surface area contributed by atoms with Crippen LogP contribution in [-0.2, 0) is 15.3 Å². The second kappa shape index (κ2) is 8.89. The van der Waals surface area contributed by atoms with Gasteiger partial charge < -0.3 is 18.0 Å². The first-order valence-electron chi connectivity index (χ1n) is 9.07. The molecule has 172 valence electrons. The van der Waals surface area contributed by atoms with Crippen molar-refractivity contribution >= 4 is 56.7 Å². The molecule has 1 N–H and O–H groups in total. The summed E-state index contributed by atoms with van der Waals surface area (Å²) in [7, 11) is -3.05. The second-order valence-electron chi connectivity index (χ2n) is 6.61. The van der Waals surface area contributed by atoms with Gasteiger partial charge in [0.15, 0.2) is 5.75 Å². The molecule has 4 aromatic rings. The number of nitrogens with zero attached hydrogens (tertiary/aromatic N) is 2. The predicted molar refractivity (Wildman–Crippen MR) is 122 cm³/mol. The summed E-state index contributed by atoms with van der Waals surface area (Å²) >= 11 is 5.74. The number of hydrogen-bond donors (Lipinski definition) is 1. The highest BCUT2D eigenvalue weighted by molar-refractivity contribution is 8.43. The summed E-state index contributed by atoms with van der Waals surface area (Å²) in [6, 6.07) is 12.8. The second-order valence-corrected chi connectivity index (χ2v) is 11.0. The molecule has 2 atom stereocenters. The Balaban J connectivity index is 1.82. The summed E-state index contributed by atoms with van der Waals surface area (Å²) in [6.45, 7) is -4.96. The molecular formula is C20H10ClN2O9PS. The van der Waals surface area contributed by atoms with E-state index in [2.05, 4.69) is 0 Å². The van der Waals surface area contributed by atoms with Crippen LogP contribution >= 0.6 is 18.4 Å². The lowest BCUT2D eigenvalue weighted by atomic mass is 10.1. The SMILES string of the molecule is N#Cc1ccc2c(=O)c3c(OS(=O)P(=O)(O)Oc4ccc(Cl)cc4)ccc([N+](=O)[O-])c3oc2c1. The Morgan fingerprint density at radius 2 is 1.88 bits per heavy atom. The number of fused-ring (bicyclic) bond motifs is 2. The molecule has 34 heavy (non-hydrogen) atoms. The minimum Gasteiger partial charge on any atom is -0.448 e. The highest BCUT2D eigenvalue weighted by Crippen LogP contribution is 2.48. The van der Waals surface area contributed by atoms with E-state index in [-0.39, 0.29) is 22.3 Å². The molecule has 2 unspecified atom stereocenters. The number of hydrogen-bond acceptors (Lipinski definition) is 9. The average molecular weight is 521 g/mol. The maximum atomic E-state index is 13.1. The number of non-ortho nitro benzene ring substituents is 1. The number of halogens is 1. The number of nitriles is 1. The van der Waals surface area contributed by atoms with Crippen molar-refractivity contribution in [2.24, 2.45) is 0 Å². The minimum absolute atomic E-state index is 0.0489. The van der Waals surface area contributed by atoms with Gasteiger partial charge in [-0.3, -0.25) is 14.9 Å². The van der Waals surface area contributed by atoms with Crippen LogP contribution < -0.4 is 14.1 Å². The van der Waals surface area contributed by atoms with Gasteiger partial charge in [0.2, 0.25) is 11.0 Å². The van der Waals surface area contributed by atoms with Crippen LogP contribution in [0, 0.1) is 21.4 Å². The molecule has 1 heterocycles. The van der Waals surface area contributed by atoms with E-state index in [1.807, 2.05) is 6.07 Å². The zero-order valence-corrected chi connectivity index (χ0v) is 19.0. The summed E-state index contributed by atoms with van der Waals surface area (Å²) in [6.07, 6.45) is 0. The number of nitro benzene ring substituents is 1. The van der Waals surface area contributed by atoms with Crippen molar-refractivity contribution in [2.45, 2.75) is 0 Å². The van der Waals surface area contributed by atoms with Crippen molar-refractivity contribution < 1.29 is 31.7 Å². The number of benzene rings is 3. The van der Waals surface area contributed by atoms with Crippen LogP contribution in [0.15, 0.2) is 63.8 Å². The molecule has 11 nitrogen and oxygen atoms in total. The standard InChI is InChI=1S/C20H10ClN2O9PS/c21-12-2-4-13(5-3-12)31-33(27,28)34(29)32-16-8-7-15(23(25)26)20-18(16)19(24)14-6-1-11(10-22)9-17(14)30-20/h1-9H,(H,27,28). The Labute approximate surface area is 196 Å². The third-order valence-electron chi connectivity index (χ3n) is 4.47. The van der Waals surface area contributed by atoms with E-state index in [9.17, 15) is 28.6 Å². The first-order valence-corrected chi connectivity index (χ1v) is 12.7. The zero-order chi connectivity index (χ0) is 24.6. The monoisotopic (exact) mass is 520 g/mol. The maximum Gasteiger partial charge on any atom is 0.505 e. The largest absolute Gasteiger partial charge is 0.505 e. The van der Waals surface area contributed by atoms with E-state index in [0.717, 1.165) is 12.1 Å². The Bertz CT molecular complexity index is 1650. The van der Waals surface area contributed by atoms with Crippen molar-refractivity contribution in [3.05, 3.63) is 85.5 Å². The fraction of sp³-hybridized carbons (Fsp3) is 0. The van der Waals surface area contributed by atoms with Crippen LogP contribution in [0.1, 0.15) is 5.56 Å². The molecule has 0 fully saturated rings. The maximum absolute atomic E-state index is 13.1. The molecule has 0 saturated heterocycles. The highest BCUT2D eigenvalue weighted by atomic mass is 35.5. The van der Waals surface area contributed by atoms with E-state index in [1.54, 1.807) is 0 Å². The summed E-state index contributed by atoms with van der Waals surface area (Å²) in [5.74, 6) is -0.632. The molecule has 1 aromatic heterocycles. The summed E-state index contributed by atoms with van der Waals surface area (Å²) < 4.78 is 40.5. The van der Waals surface area contributed by atoms with Gasteiger partial charge in [0, 0.05) is 11.1 Å².